The van der Waals surface area contributed by atoms with Gasteiger partial charge >= 0.3 is 17.9 Å². The normalized spacial score (nSPS) is 13.1. The summed E-state index contributed by atoms with van der Waals surface area (Å²) in [5, 5.41) is 29.9. The fraction of sp³-hybridized carbons (Fsp3) is 0.292. The summed E-state index contributed by atoms with van der Waals surface area (Å²) in [6, 6.07) is 2.62. The lowest BCUT2D eigenvalue weighted by Crippen LogP contribution is -2.35. The number of carboxylic acid groups (broad SMARTS) is 1. The zero-order chi connectivity index (χ0) is 25.3. The van der Waals surface area contributed by atoms with Gasteiger partial charge in [0.2, 0.25) is 5.78 Å². The van der Waals surface area contributed by atoms with E-state index in [4.69, 9.17) is 15.6 Å². The minimum absolute atomic E-state index is 0.00692. The van der Waals surface area contributed by atoms with Crippen molar-refractivity contribution in [1.29, 1.82) is 0 Å². The van der Waals surface area contributed by atoms with E-state index >= 15 is 0 Å². The summed E-state index contributed by atoms with van der Waals surface area (Å²) in [7, 11) is 0. The number of carbonyl (C=O) groups excluding carboxylic acids is 4. The number of nitrogens with two attached hydrogens (primary N) is 1. The van der Waals surface area contributed by atoms with Crippen LogP contribution in [0.3, 0.4) is 0 Å². The molecule has 0 amide bonds. The molecular weight excluding hydrogens is 446 g/mol. The van der Waals surface area contributed by atoms with E-state index in [1.807, 2.05) is 0 Å². The van der Waals surface area contributed by atoms with Crippen LogP contribution in [-0.4, -0.2) is 50.8 Å². The fourth-order valence-electron chi connectivity index (χ4n) is 4.10. The van der Waals surface area contributed by atoms with Crippen molar-refractivity contribution < 1.29 is 44.0 Å². The van der Waals surface area contributed by atoms with E-state index < -0.39 is 53.4 Å². The number of ketones is 2. The van der Waals surface area contributed by atoms with Crippen molar-refractivity contribution in [2.24, 2.45) is 5.73 Å². The first kappa shape index (κ1) is 24.6. The molecule has 0 saturated heterocycles. The molecule has 34 heavy (non-hydrogen) atoms. The van der Waals surface area contributed by atoms with Crippen molar-refractivity contribution >= 4 is 29.5 Å². The molecule has 3 rings (SSSR count). The molecule has 2 aromatic rings. The molecule has 1 atom stereocenters. The van der Waals surface area contributed by atoms with Gasteiger partial charge in [0.25, 0.3) is 0 Å². The van der Waals surface area contributed by atoms with E-state index in [2.05, 4.69) is 0 Å². The summed E-state index contributed by atoms with van der Waals surface area (Å²) in [5.41, 5.74) is 4.64. The first-order valence-corrected chi connectivity index (χ1v) is 10.6. The van der Waals surface area contributed by atoms with Gasteiger partial charge in [0.1, 0.15) is 17.5 Å². The number of carboxylic acids is 1. The van der Waals surface area contributed by atoms with Crippen LogP contribution in [0.5, 0.6) is 11.5 Å². The summed E-state index contributed by atoms with van der Waals surface area (Å²) in [6.07, 6.45) is -0.545. The van der Waals surface area contributed by atoms with Gasteiger partial charge in [-0.05, 0) is 30.9 Å². The van der Waals surface area contributed by atoms with Gasteiger partial charge in [0.05, 0.1) is 16.7 Å². The molecule has 0 bridgehead atoms. The molecule has 5 N–H and O–H groups in total. The number of aliphatic carboxylic acids is 1. The Hall–Kier alpha value is -4.05. The molecule has 178 valence electrons. The number of phenolic OH excluding ortho intramolecular Hbond substituents is 2. The van der Waals surface area contributed by atoms with E-state index in [1.165, 1.54) is 18.2 Å². The number of ether oxygens (including phenoxy) is 1. The van der Waals surface area contributed by atoms with Gasteiger partial charge in [0, 0.05) is 23.1 Å². The fourth-order valence-corrected chi connectivity index (χ4v) is 4.10. The molecule has 0 fully saturated rings. The summed E-state index contributed by atoms with van der Waals surface area (Å²) in [4.78, 5) is 62.5. The van der Waals surface area contributed by atoms with E-state index in [0.717, 1.165) is 0 Å². The van der Waals surface area contributed by atoms with Crippen molar-refractivity contribution in [3.8, 4) is 11.5 Å². The van der Waals surface area contributed by atoms with E-state index in [9.17, 15) is 34.2 Å². The average Bonchev–Trinajstić information content (AvgIpc) is 2.79. The Balaban J connectivity index is 2.15. The third-order valence-electron chi connectivity index (χ3n) is 5.72. The number of benzene rings is 2. The maximum absolute atomic E-state index is 13.3. The number of rotatable bonds is 7. The molecule has 1 unspecified atom stereocenters. The minimum atomic E-state index is -1.38. The summed E-state index contributed by atoms with van der Waals surface area (Å²) >= 11 is 0. The molecule has 1 aliphatic carbocycles. The zero-order valence-corrected chi connectivity index (χ0v) is 18.5. The largest absolute Gasteiger partial charge is 0.507 e. The van der Waals surface area contributed by atoms with Crippen molar-refractivity contribution in [3.63, 3.8) is 0 Å². The predicted molar refractivity (Wildman–Crippen MR) is 117 cm³/mol. The highest BCUT2D eigenvalue weighted by molar-refractivity contribution is 6.31. The van der Waals surface area contributed by atoms with E-state index in [1.54, 1.807) is 13.8 Å². The molecule has 1 aliphatic rings. The highest BCUT2D eigenvalue weighted by Gasteiger charge is 2.39. The zero-order valence-electron chi connectivity index (χ0n) is 18.5. The van der Waals surface area contributed by atoms with Crippen LogP contribution in [0.15, 0.2) is 18.2 Å². The Morgan fingerprint density at radius 2 is 1.62 bits per heavy atom. The van der Waals surface area contributed by atoms with Crippen molar-refractivity contribution in [3.05, 3.63) is 57.1 Å². The maximum atomic E-state index is 13.3. The number of phenols is 2. The predicted octanol–water partition coefficient (Wildman–Crippen LogP) is 1.87. The van der Waals surface area contributed by atoms with E-state index in [0.29, 0.717) is 0 Å². The van der Waals surface area contributed by atoms with E-state index in [-0.39, 0.29) is 58.2 Å². The quantitative estimate of drug-likeness (QED) is 0.294. The molecule has 0 heterocycles. The second kappa shape index (κ2) is 9.44. The van der Waals surface area contributed by atoms with Crippen LogP contribution in [0.1, 0.15) is 80.0 Å². The second-order valence-electron chi connectivity index (χ2n) is 7.74. The topological polar surface area (TPSA) is 181 Å². The van der Waals surface area contributed by atoms with Gasteiger partial charge in [-0.15, -0.1) is 0 Å². The van der Waals surface area contributed by atoms with Crippen LogP contribution in [0.4, 0.5) is 0 Å². The Morgan fingerprint density at radius 1 is 0.971 bits per heavy atom. The molecule has 0 radical (unpaired) electrons. The first-order valence-electron chi connectivity index (χ1n) is 10.6. The van der Waals surface area contributed by atoms with Crippen LogP contribution in [-0.2, 0) is 27.2 Å². The molecular formula is C24H23NO9. The third kappa shape index (κ3) is 4.03. The standard InChI is InChI=1S/C24H23NO9/c1-3-10-16(24(33)34-23(32)13(25)8-9-15(27)28)11(4-2)20(29)19-18(10)21(30)12-6-5-7-14(26)17(12)22(19)31/h5-7,13,26,29H,3-4,8-9,25H2,1-2H3,(H,27,28). The monoisotopic (exact) mass is 469 g/mol. The third-order valence-corrected chi connectivity index (χ3v) is 5.72. The summed E-state index contributed by atoms with van der Waals surface area (Å²) in [5.74, 6) is -5.98. The van der Waals surface area contributed by atoms with Gasteiger partial charge in [-0.25, -0.2) is 9.59 Å². The van der Waals surface area contributed by atoms with Crippen molar-refractivity contribution in [2.45, 2.75) is 45.6 Å². The molecule has 0 saturated carbocycles. The molecule has 2 aromatic carbocycles. The Bertz CT molecular complexity index is 1250. The van der Waals surface area contributed by atoms with Gasteiger partial charge in [-0.1, -0.05) is 26.0 Å². The lowest BCUT2D eigenvalue weighted by molar-refractivity contribution is -0.140. The van der Waals surface area contributed by atoms with Gasteiger partial charge < -0.3 is 25.8 Å². The number of hydrogen-bond donors (Lipinski definition) is 4. The number of esters is 2. The van der Waals surface area contributed by atoms with Gasteiger partial charge in [0.15, 0.2) is 5.78 Å². The first-order chi connectivity index (χ1) is 16.0. The Morgan fingerprint density at radius 3 is 2.21 bits per heavy atom. The van der Waals surface area contributed by atoms with Crippen molar-refractivity contribution in [2.75, 3.05) is 0 Å². The molecule has 0 aromatic heterocycles. The Kier molecular flexibility index (Phi) is 6.83. The van der Waals surface area contributed by atoms with Crippen LogP contribution < -0.4 is 5.73 Å². The van der Waals surface area contributed by atoms with Gasteiger partial charge in [-0.3, -0.25) is 14.4 Å². The summed E-state index contributed by atoms with van der Waals surface area (Å²) in [6.45, 7) is 3.22. The van der Waals surface area contributed by atoms with Crippen LogP contribution in [0, 0.1) is 0 Å². The van der Waals surface area contributed by atoms with Crippen molar-refractivity contribution in [1.82, 2.24) is 0 Å². The SMILES string of the molecule is CCc1c(O)c2c(c(CC)c1C(=O)OC(=O)C(N)CCC(=O)O)C(=O)c1cccc(O)c1C2=O. The highest BCUT2D eigenvalue weighted by Crippen LogP contribution is 2.42. The van der Waals surface area contributed by atoms with Crippen LogP contribution in [0.2, 0.25) is 0 Å². The number of aromatic hydroxyl groups is 2. The molecule has 10 heteroatoms. The Labute approximate surface area is 194 Å². The lowest BCUT2D eigenvalue weighted by atomic mass is 9.77. The minimum Gasteiger partial charge on any atom is -0.507 e. The molecule has 0 spiro atoms. The maximum Gasteiger partial charge on any atom is 0.346 e. The lowest BCUT2D eigenvalue weighted by Gasteiger charge is -2.25. The van der Waals surface area contributed by atoms with Gasteiger partial charge in [-0.2, -0.15) is 0 Å². The average molecular weight is 469 g/mol. The number of fused-ring (bicyclic) bond motifs is 2. The second-order valence-corrected chi connectivity index (χ2v) is 7.74. The number of carbonyl (C=O) groups is 5. The van der Waals surface area contributed by atoms with Crippen LogP contribution >= 0.6 is 0 Å². The summed E-state index contributed by atoms with van der Waals surface area (Å²) < 4.78 is 4.87. The number of hydrogen-bond acceptors (Lipinski definition) is 9. The molecule has 0 aliphatic heterocycles. The molecule has 10 nitrogen and oxygen atoms in total. The van der Waals surface area contributed by atoms with Crippen LogP contribution in [0.25, 0.3) is 0 Å². The highest BCUT2D eigenvalue weighted by atomic mass is 16.6. The smallest absolute Gasteiger partial charge is 0.346 e.